The number of nitriles is 1. The van der Waals surface area contributed by atoms with Gasteiger partial charge < -0.3 is 10.3 Å². The maximum atomic E-state index is 8.62. The fourth-order valence-corrected chi connectivity index (χ4v) is 1.87. The third-order valence-electron chi connectivity index (χ3n) is 2.68. The van der Waals surface area contributed by atoms with Gasteiger partial charge >= 0.3 is 0 Å². The number of benzene rings is 1. The van der Waals surface area contributed by atoms with Crippen LogP contribution >= 0.6 is 0 Å². The van der Waals surface area contributed by atoms with E-state index in [4.69, 9.17) is 11.0 Å². The minimum absolute atomic E-state index is 0.201. The Hall–Kier alpha value is -1.79. The highest BCUT2D eigenvalue weighted by Crippen LogP contribution is 2.23. The average molecular weight is 199 g/mol. The van der Waals surface area contributed by atoms with Gasteiger partial charge in [-0.2, -0.15) is 5.26 Å². The minimum Gasteiger partial charge on any atom is -0.346 e. The largest absolute Gasteiger partial charge is 0.346 e. The summed E-state index contributed by atoms with van der Waals surface area (Å²) in [6, 6.07) is 12.1. The van der Waals surface area contributed by atoms with E-state index in [-0.39, 0.29) is 6.04 Å². The molecule has 2 rings (SSSR count). The van der Waals surface area contributed by atoms with Crippen LogP contribution in [0.4, 0.5) is 0 Å². The number of hydrogen-bond donors (Lipinski definition) is 1. The topological polar surface area (TPSA) is 54.7 Å². The van der Waals surface area contributed by atoms with Gasteiger partial charge in [-0.05, 0) is 17.5 Å². The van der Waals surface area contributed by atoms with E-state index in [1.54, 1.807) is 0 Å². The number of aryl methyl sites for hydroxylation is 1. The summed E-state index contributed by atoms with van der Waals surface area (Å²) >= 11 is 0. The normalized spacial score (nSPS) is 12.6. The molecule has 1 aromatic carbocycles. The molecule has 15 heavy (non-hydrogen) atoms. The molecule has 0 unspecified atom stereocenters. The zero-order chi connectivity index (χ0) is 10.8. The minimum atomic E-state index is -0.201. The van der Waals surface area contributed by atoms with Gasteiger partial charge in [-0.3, -0.25) is 0 Å². The molecule has 1 heterocycles. The van der Waals surface area contributed by atoms with E-state index >= 15 is 0 Å². The van der Waals surface area contributed by atoms with Gasteiger partial charge in [-0.25, -0.2) is 0 Å². The Balaban J connectivity index is 2.54. The van der Waals surface area contributed by atoms with E-state index in [2.05, 4.69) is 28.8 Å². The van der Waals surface area contributed by atoms with Crippen molar-refractivity contribution in [1.29, 1.82) is 5.26 Å². The first-order valence-corrected chi connectivity index (χ1v) is 4.91. The van der Waals surface area contributed by atoms with E-state index < -0.39 is 0 Å². The molecule has 0 radical (unpaired) electrons. The quantitative estimate of drug-likeness (QED) is 0.805. The summed E-state index contributed by atoms with van der Waals surface area (Å²) in [5.74, 6) is 0. The van der Waals surface area contributed by atoms with Crippen molar-refractivity contribution >= 4 is 10.9 Å². The number of fused-ring (bicyclic) bond motifs is 1. The van der Waals surface area contributed by atoms with Crippen LogP contribution in [0.1, 0.15) is 18.2 Å². The molecular weight excluding hydrogens is 186 g/mol. The smallest absolute Gasteiger partial charge is 0.0642 e. The Labute approximate surface area is 88.7 Å². The van der Waals surface area contributed by atoms with Crippen molar-refractivity contribution in [2.45, 2.75) is 12.5 Å². The van der Waals surface area contributed by atoms with Crippen molar-refractivity contribution in [2.75, 3.05) is 0 Å². The van der Waals surface area contributed by atoms with Crippen LogP contribution in [-0.2, 0) is 7.05 Å². The summed E-state index contributed by atoms with van der Waals surface area (Å²) in [5, 5.41) is 9.79. The summed E-state index contributed by atoms with van der Waals surface area (Å²) in [5.41, 5.74) is 8.09. The van der Waals surface area contributed by atoms with Crippen molar-refractivity contribution in [3.8, 4) is 6.07 Å². The highest BCUT2D eigenvalue weighted by Gasteiger charge is 2.11. The standard InChI is InChI=1S/C12H13N3/c1-15-11-5-3-2-4-9(11)8-12(15)10(14)6-7-13/h2-5,8,10H,6,14H2,1H3/t10-/m1/s1. The maximum absolute atomic E-state index is 8.62. The number of nitrogens with zero attached hydrogens (tertiary/aromatic N) is 2. The van der Waals surface area contributed by atoms with Gasteiger partial charge in [-0.15, -0.1) is 0 Å². The first-order chi connectivity index (χ1) is 7.24. The zero-order valence-corrected chi connectivity index (χ0v) is 8.64. The van der Waals surface area contributed by atoms with Gasteiger partial charge in [0.1, 0.15) is 0 Å². The Morgan fingerprint density at radius 2 is 2.20 bits per heavy atom. The highest BCUT2D eigenvalue weighted by molar-refractivity contribution is 5.81. The fraction of sp³-hybridized carbons (Fsp3) is 0.250. The van der Waals surface area contributed by atoms with E-state index in [9.17, 15) is 0 Å². The molecule has 0 bridgehead atoms. The van der Waals surface area contributed by atoms with E-state index in [0.29, 0.717) is 6.42 Å². The lowest BCUT2D eigenvalue weighted by atomic mass is 10.1. The molecule has 2 aromatic rings. The molecular formula is C12H13N3. The first kappa shape index (κ1) is 9.75. The summed E-state index contributed by atoms with van der Waals surface area (Å²) in [4.78, 5) is 0. The van der Waals surface area contributed by atoms with Crippen molar-refractivity contribution in [3.63, 3.8) is 0 Å². The van der Waals surface area contributed by atoms with Crippen LogP contribution in [-0.4, -0.2) is 4.57 Å². The van der Waals surface area contributed by atoms with Gasteiger partial charge in [0.25, 0.3) is 0 Å². The lowest BCUT2D eigenvalue weighted by Crippen LogP contribution is -2.13. The number of hydrogen-bond acceptors (Lipinski definition) is 2. The van der Waals surface area contributed by atoms with Crippen LogP contribution in [0.3, 0.4) is 0 Å². The second-order valence-electron chi connectivity index (χ2n) is 3.66. The fourth-order valence-electron chi connectivity index (χ4n) is 1.87. The van der Waals surface area contributed by atoms with Crippen LogP contribution in [0.15, 0.2) is 30.3 Å². The van der Waals surface area contributed by atoms with Crippen LogP contribution < -0.4 is 5.73 Å². The van der Waals surface area contributed by atoms with E-state index in [1.165, 1.54) is 5.39 Å². The van der Waals surface area contributed by atoms with Crippen LogP contribution in [0, 0.1) is 11.3 Å². The molecule has 0 fully saturated rings. The summed E-state index contributed by atoms with van der Waals surface area (Å²) in [6.07, 6.45) is 0.351. The Morgan fingerprint density at radius 1 is 1.47 bits per heavy atom. The molecule has 3 nitrogen and oxygen atoms in total. The van der Waals surface area contributed by atoms with E-state index in [0.717, 1.165) is 11.2 Å². The molecule has 0 spiro atoms. The Bertz CT molecular complexity index is 519. The number of rotatable bonds is 2. The van der Waals surface area contributed by atoms with Gasteiger partial charge in [-0.1, -0.05) is 18.2 Å². The van der Waals surface area contributed by atoms with Crippen molar-refractivity contribution < 1.29 is 0 Å². The average Bonchev–Trinajstić information content (AvgIpc) is 2.57. The molecule has 0 saturated heterocycles. The molecule has 3 heteroatoms. The third-order valence-corrected chi connectivity index (χ3v) is 2.68. The van der Waals surface area contributed by atoms with Crippen LogP contribution in [0.2, 0.25) is 0 Å². The van der Waals surface area contributed by atoms with Crippen molar-refractivity contribution in [1.82, 2.24) is 4.57 Å². The second kappa shape index (κ2) is 3.76. The molecule has 0 aliphatic heterocycles. The second-order valence-corrected chi connectivity index (χ2v) is 3.66. The summed E-state index contributed by atoms with van der Waals surface area (Å²) in [6.45, 7) is 0. The molecule has 2 N–H and O–H groups in total. The molecule has 0 aliphatic carbocycles. The van der Waals surface area contributed by atoms with Gasteiger partial charge in [0, 0.05) is 18.3 Å². The predicted octanol–water partition coefficient (Wildman–Crippen LogP) is 2.09. The number of para-hydroxylation sites is 1. The van der Waals surface area contributed by atoms with Gasteiger partial charge in [0.2, 0.25) is 0 Å². The molecule has 0 aliphatic rings. The van der Waals surface area contributed by atoms with Crippen molar-refractivity contribution in [2.24, 2.45) is 12.8 Å². The first-order valence-electron chi connectivity index (χ1n) is 4.91. The van der Waals surface area contributed by atoms with E-state index in [1.807, 2.05) is 19.2 Å². The monoisotopic (exact) mass is 199 g/mol. The maximum Gasteiger partial charge on any atom is 0.0642 e. The Morgan fingerprint density at radius 3 is 2.87 bits per heavy atom. The SMILES string of the molecule is Cn1c([C@H](N)CC#N)cc2ccccc21. The summed E-state index contributed by atoms with van der Waals surface area (Å²) < 4.78 is 2.05. The number of nitrogens with two attached hydrogens (primary N) is 1. The molecule has 0 amide bonds. The molecule has 76 valence electrons. The van der Waals surface area contributed by atoms with Gasteiger partial charge in [0.05, 0.1) is 18.5 Å². The van der Waals surface area contributed by atoms with Crippen molar-refractivity contribution in [3.05, 3.63) is 36.0 Å². The summed E-state index contributed by atoms with van der Waals surface area (Å²) in [7, 11) is 1.98. The molecule has 0 saturated carbocycles. The number of aromatic nitrogens is 1. The lowest BCUT2D eigenvalue weighted by molar-refractivity contribution is 0.681. The van der Waals surface area contributed by atoms with Crippen LogP contribution in [0.25, 0.3) is 10.9 Å². The van der Waals surface area contributed by atoms with Crippen LogP contribution in [0.5, 0.6) is 0 Å². The highest BCUT2D eigenvalue weighted by atomic mass is 15.0. The lowest BCUT2D eigenvalue weighted by Gasteiger charge is -2.09. The van der Waals surface area contributed by atoms with Gasteiger partial charge in [0.15, 0.2) is 0 Å². The Kier molecular flexibility index (Phi) is 2.44. The molecule has 1 atom stereocenters. The molecule has 1 aromatic heterocycles. The zero-order valence-electron chi connectivity index (χ0n) is 8.64. The third kappa shape index (κ3) is 1.60. The predicted molar refractivity (Wildman–Crippen MR) is 60.1 cm³/mol.